The lowest BCUT2D eigenvalue weighted by Gasteiger charge is -1.96. The standard InChI is InChI=1S/C8H10N2O2/c11-5-4-10-3-1-2-8(6-10)9-7-12/h1-3,6-7,11H,4-5H2/p+1. The van der Waals surface area contributed by atoms with E-state index < -0.39 is 0 Å². The molecular formula is C8H11N2O2+. The molecule has 12 heavy (non-hydrogen) atoms. The number of aliphatic hydroxyl groups is 1. The summed E-state index contributed by atoms with van der Waals surface area (Å²) in [7, 11) is 0. The molecule has 0 aromatic carbocycles. The predicted molar refractivity (Wildman–Crippen MR) is 43.4 cm³/mol. The number of nitrogens with one attached hydrogen (secondary N) is 1. The molecule has 4 heteroatoms. The van der Waals surface area contributed by atoms with Crippen molar-refractivity contribution in [1.82, 2.24) is 0 Å². The summed E-state index contributed by atoms with van der Waals surface area (Å²) in [5, 5.41) is 11.2. The van der Waals surface area contributed by atoms with Gasteiger partial charge >= 0.3 is 0 Å². The van der Waals surface area contributed by atoms with Gasteiger partial charge in [0.05, 0.1) is 0 Å². The fraction of sp³-hybridized carbons (Fsp3) is 0.250. The summed E-state index contributed by atoms with van der Waals surface area (Å²) in [5.41, 5.74) is 0.723. The van der Waals surface area contributed by atoms with Gasteiger partial charge in [-0.15, -0.1) is 0 Å². The quantitative estimate of drug-likeness (QED) is 0.470. The third kappa shape index (κ3) is 2.32. The van der Waals surface area contributed by atoms with Crippen LogP contribution in [0, 0.1) is 0 Å². The summed E-state index contributed by atoms with van der Waals surface area (Å²) >= 11 is 0. The first kappa shape index (κ1) is 8.67. The van der Waals surface area contributed by atoms with Crippen molar-refractivity contribution in [3.8, 4) is 0 Å². The van der Waals surface area contributed by atoms with Crippen molar-refractivity contribution >= 4 is 12.1 Å². The van der Waals surface area contributed by atoms with Gasteiger partial charge in [-0.3, -0.25) is 4.79 Å². The second-order valence-corrected chi connectivity index (χ2v) is 2.32. The fourth-order valence-electron chi connectivity index (χ4n) is 0.930. The van der Waals surface area contributed by atoms with Gasteiger partial charge in [0, 0.05) is 6.07 Å². The molecule has 0 atom stereocenters. The first-order chi connectivity index (χ1) is 5.86. The van der Waals surface area contributed by atoms with E-state index in [9.17, 15) is 4.79 Å². The van der Waals surface area contributed by atoms with Crippen LogP contribution in [0.2, 0.25) is 0 Å². The van der Waals surface area contributed by atoms with Crippen LogP contribution in [0.3, 0.4) is 0 Å². The molecule has 1 aromatic heterocycles. The van der Waals surface area contributed by atoms with Crippen LogP contribution in [0.1, 0.15) is 0 Å². The number of amides is 1. The molecule has 0 aliphatic carbocycles. The Kier molecular flexibility index (Phi) is 3.22. The molecule has 1 amide bonds. The van der Waals surface area contributed by atoms with Gasteiger partial charge in [0.15, 0.2) is 18.9 Å². The topological polar surface area (TPSA) is 53.2 Å². The lowest BCUT2D eigenvalue weighted by molar-refractivity contribution is -0.697. The van der Waals surface area contributed by atoms with Crippen LogP contribution in [-0.2, 0) is 11.3 Å². The van der Waals surface area contributed by atoms with Crippen molar-refractivity contribution in [2.24, 2.45) is 0 Å². The molecule has 1 rings (SSSR count). The van der Waals surface area contributed by atoms with Crippen LogP contribution in [0.15, 0.2) is 24.5 Å². The SMILES string of the molecule is O=CNc1ccc[n+](CCO)c1. The summed E-state index contributed by atoms with van der Waals surface area (Å²) in [4.78, 5) is 10.1. The van der Waals surface area contributed by atoms with Crippen molar-refractivity contribution in [2.45, 2.75) is 6.54 Å². The van der Waals surface area contributed by atoms with E-state index >= 15 is 0 Å². The van der Waals surface area contributed by atoms with Crippen LogP contribution < -0.4 is 9.88 Å². The molecule has 0 fully saturated rings. The van der Waals surface area contributed by atoms with Crippen molar-refractivity contribution in [3.63, 3.8) is 0 Å². The van der Waals surface area contributed by atoms with E-state index in [2.05, 4.69) is 5.32 Å². The molecular weight excluding hydrogens is 156 g/mol. The third-order valence-corrected chi connectivity index (χ3v) is 1.44. The predicted octanol–water partition coefficient (Wildman–Crippen LogP) is -0.465. The lowest BCUT2D eigenvalue weighted by Crippen LogP contribution is -2.34. The maximum Gasteiger partial charge on any atom is 0.211 e. The molecule has 0 saturated heterocycles. The number of anilines is 1. The number of nitrogens with zero attached hydrogens (tertiary/aromatic N) is 1. The first-order valence-electron chi connectivity index (χ1n) is 3.67. The zero-order valence-electron chi connectivity index (χ0n) is 6.60. The number of carbonyl (C=O) groups is 1. The minimum Gasteiger partial charge on any atom is -0.390 e. The fourth-order valence-corrected chi connectivity index (χ4v) is 0.930. The zero-order valence-corrected chi connectivity index (χ0v) is 6.60. The van der Waals surface area contributed by atoms with Crippen LogP contribution in [0.4, 0.5) is 5.69 Å². The Morgan fingerprint density at radius 2 is 2.50 bits per heavy atom. The van der Waals surface area contributed by atoms with Crippen LogP contribution in [0.5, 0.6) is 0 Å². The molecule has 0 saturated carbocycles. The van der Waals surface area contributed by atoms with Crippen molar-refractivity contribution in [2.75, 3.05) is 11.9 Å². The smallest absolute Gasteiger partial charge is 0.211 e. The monoisotopic (exact) mass is 167 g/mol. The first-order valence-corrected chi connectivity index (χ1v) is 3.67. The molecule has 4 nitrogen and oxygen atoms in total. The summed E-state index contributed by atoms with van der Waals surface area (Å²) in [6.45, 7) is 0.629. The van der Waals surface area contributed by atoms with Crippen LogP contribution in [0.25, 0.3) is 0 Å². The molecule has 0 bridgehead atoms. The molecule has 2 N–H and O–H groups in total. The van der Waals surface area contributed by atoms with Gasteiger partial charge < -0.3 is 10.4 Å². The summed E-state index contributed by atoms with van der Waals surface area (Å²) in [5.74, 6) is 0. The average Bonchev–Trinajstić information content (AvgIpc) is 2.06. The van der Waals surface area contributed by atoms with E-state index in [1.807, 2.05) is 12.3 Å². The minimum absolute atomic E-state index is 0.0925. The Morgan fingerprint density at radius 3 is 3.17 bits per heavy atom. The second-order valence-electron chi connectivity index (χ2n) is 2.32. The molecule has 64 valence electrons. The normalized spacial score (nSPS) is 9.42. The average molecular weight is 167 g/mol. The highest BCUT2D eigenvalue weighted by Gasteiger charge is 1.99. The largest absolute Gasteiger partial charge is 0.390 e. The Labute approximate surface area is 70.5 Å². The van der Waals surface area contributed by atoms with E-state index in [-0.39, 0.29) is 6.61 Å². The number of rotatable bonds is 4. The molecule has 0 unspecified atom stereocenters. The molecule has 0 aliphatic heterocycles. The summed E-state index contributed by atoms with van der Waals surface area (Å²) in [6, 6.07) is 3.59. The minimum atomic E-state index is 0.0925. The second kappa shape index (κ2) is 4.46. The lowest BCUT2D eigenvalue weighted by atomic mass is 10.4. The molecule has 0 aliphatic rings. The molecule has 1 heterocycles. The van der Waals surface area contributed by atoms with Crippen molar-refractivity contribution in [1.29, 1.82) is 0 Å². The maximum atomic E-state index is 10.1. The molecule has 0 spiro atoms. The Balaban J connectivity index is 2.73. The van der Waals surface area contributed by atoms with Crippen molar-refractivity contribution < 1.29 is 14.5 Å². The van der Waals surface area contributed by atoms with Crippen LogP contribution in [-0.4, -0.2) is 18.1 Å². The number of carbonyl (C=O) groups excluding carboxylic acids is 1. The van der Waals surface area contributed by atoms with Gasteiger partial charge in [-0.05, 0) is 6.07 Å². The van der Waals surface area contributed by atoms with E-state index in [0.717, 1.165) is 5.69 Å². The Hall–Kier alpha value is -1.42. The van der Waals surface area contributed by atoms with E-state index in [4.69, 9.17) is 5.11 Å². The highest BCUT2D eigenvalue weighted by molar-refractivity contribution is 5.69. The van der Waals surface area contributed by atoms with Gasteiger partial charge in [0.2, 0.25) is 6.41 Å². The Bertz CT molecular complexity index is 263. The number of aromatic nitrogens is 1. The van der Waals surface area contributed by atoms with E-state index in [0.29, 0.717) is 13.0 Å². The highest BCUT2D eigenvalue weighted by atomic mass is 16.3. The van der Waals surface area contributed by atoms with Gasteiger partial charge in [-0.25, -0.2) is 4.57 Å². The Morgan fingerprint density at radius 1 is 1.67 bits per heavy atom. The van der Waals surface area contributed by atoms with E-state index in [1.54, 1.807) is 16.8 Å². The zero-order chi connectivity index (χ0) is 8.81. The van der Waals surface area contributed by atoms with Gasteiger partial charge in [0.25, 0.3) is 0 Å². The van der Waals surface area contributed by atoms with Gasteiger partial charge in [-0.2, -0.15) is 0 Å². The summed E-state index contributed by atoms with van der Waals surface area (Å²) < 4.78 is 1.80. The highest BCUT2D eigenvalue weighted by Crippen LogP contribution is 1.98. The number of aliphatic hydroxyl groups excluding tert-OH is 1. The number of hydrogen-bond donors (Lipinski definition) is 2. The third-order valence-electron chi connectivity index (χ3n) is 1.44. The van der Waals surface area contributed by atoms with Crippen molar-refractivity contribution in [3.05, 3.63) is 24.5 Å². The van der Waals surface area contributed by atoms with Gasteiger partial charge in [-0.1, -0.05) is 0 Å². The molecule has 1 aromatic rings. The molecule has 0 radical (unpaired) electrons. The number of pyridine rings is 1. The number of hydrogen-bond acceptors (Lipinski definition) is 2. The van der Waals surface area contributed by atoms with Crippen LogP contribution >= 0.6 is 0 Å². The van der Waals surface area contributed by atoms with Gasteiger partial charge in [0.1, 0.15) is 12.3 Å². The maximum absolute atomic E-state index is 10.1. The van der Waals surface area contributed by atoms with E-state index in [1.165, 1.54) is 0 Å². The summed E-state index contributed by atoms with van der Waals surface area (Å²) in [6.07, 6.45) is 4.20.